The van der Waals surface area contributed by atoms with Crippen molar-refractivity contribution in [2.45, 2.75) is 38.7 Å². The highest BCUT2D eigenvalue weighted by Gasteiger charge is 2.37. The minimum absolute atomic E-state index is 0.217. The Morgan fingerprint density at radius 2 is 2.35 bits per heavy atom. The van der Waals surface area contributed by atoms with Gasteiger partial charge in [-0.25, -0.2) is 0 Å². The summed E-state index contributed by atoms with van der Waals surface area (Å²) in [7, 11) is 1.91. The van der Waals surface area contributed by atoms with E-state index in [0.29, 0.717) is 0 Å². The maximum atomic E-state index is 12.4. The molecule has 2 aliphatic rings. The highest BCUT2D eigenvalue weighted by Crippen LogP contribution is 2.28. The number of likely N-dealkylation sites (N-methyl/N-ethyl adjacent to an activating group) is 1. The standard InChI is InChI=1S/C13H24N2O2/c1-13(6-4-7-14-10-13)12(16)15(2)9-11-5-3-8-17-11/h11,14H,3-10H2,1-2H3. The number of carbonyl (C=O) groups excluding carboxylic acids is 1. The number of nitrogens with one attached hydrogen (secondary N) is 1. The molecule has 2 rings (SSSR count). The fraction of sp³-hybridized carbons (Fsp3) is 0.923. The maximum Gasteiger partial charge on any atom is 0.229 e. The summed E-state index contributed by atoms with van der Waals surface area (Å²) in [5, 5.41) is 3.33. The first kappa shape index (κ1) is 12.8. The number of piperidine rings is 1. The van der Waals surface area contributed by atoms with E-state index >= 15 is 0 Å². The van der Waals surface area contributed by atoms with E-state index < -0.39 is 0 Å². The molecule has 1 amide bonds. The van der Waals surface area contributed by atoms with Gasteiger partial charge < -0.3 is 15.0 Å². The zero-order valence-electron chi connectivity index (χ0n) is 11.0. The largest absolute Gasteiger partial charge is 0.376 e. The topological polar surface area (TPSA) is 41.6 Å². The van der Waals surface area contributed by atoms with Gasteiger partial charge in [-0.05, 0) is 39.2 Å². The molecule has 2 aliphatic heterocycles. The Bertz CT molecular complexity index is 269. The molecule has 2 fully saturated rings. The summed E-state index contributed by atoms with van der Waals surface area (Å²) < 4.78 is 5.58. The highest BCUT2D eigenvalue weighted by molar-refractivity contribution is 5.82. The van der Waals surface area contributed by atoms with Crippen molar-refractivity contribution in [3.05, 3.63) is 0 Å². The van der Waals surface area contributed by atoms with Gasteiger partial charge >= 0.3 is 0 Å². The van der Waals surface area contributed by atoms with E-state index in [2.05, 4.69) is 12.2 Å². The molecule has 0 aromatic carbocycles. The second-order valence-electron chi connectivity index (χ2n) is 5.66. The molecule has 1 N–H and O–H groups in total. The number of rotatable bonds is 3. The third-order valence-electron chi connectivity index (χ3n) is 3.96. The van der Waals surface area contributed by atoms with E-state index in [1.807, 2.05) is 11.9 Å². The molecular weight excluding hydrogens is 216 g/mol. The Kier molecular flexibility index (Phi) is 4.05. The smallest absolute Gasteiger partial charge is 0.229 e. The zero-order chi connectivity index (χ0) is 12.3. The molecule has 4 nitrogen and oxygen atoms in total. The first-order chi connectivity index (χ1) is 8.12. The van der Waals surface area contributed by atoms with Crippen LogP contribution in [0.2, 0.25) is 0 Å². The van der Waals surface area contributed by atoms with Gasteiger partial charge in [0.1, 0.15) is 0 Å². The molecule has 2 unspecified atom stereocenters. The van der Waals surface area contributed by atoms with E-state index in [1.54, 1.807) is 0 Å². The molecule has 0 radical (unpaired) electrons. The van der Waals surface area contributed by atoms with Crippen LogP contribution in [0.1, 0.15) is 32.6 Å². The molecule has 2 heterocycles. The molecule has 0 spiro atoms. The van der Waals surface area contributed by atoms with Gasteiger partial charge in [-0.3, -0.25) is 4.79 Å². The van der Waals surface area contributed by atoms with E-state index in [-0.39, 0.29) is 17.4 Å². The van der Waals surface area contributed by atoms with Crippen molar-refractivity contribution in [2.24, 2.45) is 5.41 Å². The Hall–Kier alpha value is -0.610. The van der Waals surface area contributed by atoms with Crippen molar-refractivity contribution in [1.29, 1.82) is 0 Å². The van der Waals surface area contributed by atoms with Crippen molar-refractivity contribution < 1.29 is 9.53 Å². The van der Waals surface area contributed by atoms with Crippen LogP contribution in [0.5, 0.6) is 0 Å². The van der Waals surface area contributed by atoms with Gasteiger partial charge in [0.25, 0.3) is 0 Å². The van der Waals surface area contributed by atoms with Crippen LogP contribution in [-0.2, 0) is 9.53 Å². The van der Waals surface area contributed by atoms with E-state index in [4.69, 9.17) is 4.74 Å². The Morgan fingerprint density at radius 1 is 1.53 bits per heavy atom. The molecule has 0 saturated carbocycles. The van der Waals surface area contributed by atoms with Crippen molar-refractivity contribution in [3.8, 4) is 0 Å². The Morgan fingerprint density at radius 3 is 2.94 bits per heavy atom. The molecule has 17 heavy (non-hydrogen) atoms. The average Bonchev–Trinajstić information content (AvgIpc) is 2.81. The fourth-order valence-corrected chi connectivity index (χ4v) is 2.88. The molecule has 4 heteroatoms. The van der Waals surface area contributed by atoms with Crippen molar-refractivity contribution in [1.82, 2.24) is 10.2 Å². The lowest BCUT2D eigenvalue weighted by Crippen LogP contribution is -2.50. The number of ether oxygens (including phenoxy) is 1. The van der Waals surface area contributed by atoms with Gasteiger partial charge in [0, 0.05) is 26.7 Å². The van der Waals surface area contributed by atoms with Crippen LogP contribution >= 0.6 is 0 Å². The molecular formula is C13H24N2O2. The fourth-order valence-electron chi connectivity index (χ4n) is 2.88. The molecule has 0 aromatic rings. The van der Waals surface area contributed by atoms with Crippen LogP contribution in [0.4, 0.5) is 0 Å². The van der Waals surface area contributed by atoms with Gasteiger partial charge in [0.2, 0.25) is 5.91 Å². The molecule has 98 valence electrons. The summed E-state index contributed by atoms with van der Waals surface area (Å²) in [5.41, 5.74) is -0.217. The average molecular weight is 240 g/mol. The van der Waals surface area contributed by atoms with Gasteiger partial charge in [0.05, 0.1) is 11.5 Å². The van der Waals surface area contributed by atoms with E-state index in [9.17, 15) is 4.79 Å². The Labute approximate surface area is 104 Å². The molecule has 0 aromatic heterocycles. The van der Waals surface area contributed by atoms with Crippen LogP contribution < -0.4 is 5.32 Å². The maximum absolute atomic E-state index is 12.4. The number of hydrogen-bond acceptors (Lipinski definition) is 3. The minimum Gasteiger partial charge on any atom is -0.376 e. The van der Waals surface area contributed by atoms with E-state index in [0.717, 1.165) is 51.9 Å². The van der Waals surface area contributed by atoms with Gasteiger partial charge in [-0.2, -0.15) is 0 Å². The van der Waals surface area contributed by atoms with Crippen molar-refractivity contribution in [2.75, 3.05) is 33.3 Å². The summed E-state index contributed by atoms with van der Waals surface area (Å²) in [6.07, 6.45) is 4.56. The zero-order valence-corrected chi connectivity index (χ0v) is 11.0. The Balaban J connectivity index is 1.88. The normalized spacial score (nSPS) is 33.6. The summed E-state index contributed by atoms with van der Waals surface area (Å²) in [4.78, 5) is 14.3. The first-order valence-electron chi connectivity index (χ1n) is 6.70. The number of carbonyl (C=O) groups is 1. The molecule has 0 aliphatic carbocycles. The number of amides is 1. The summed E-state index contributed by atoms with van der Waals surface area (Å²) in [5.74, 6) is 0.264. The van der Waals surface area contributed by atoms with Crippen LogP contribution in [0.25, 0.3) is 0 Å². The SMILES string of the molecule is CN(CC1CCCO1)C(=O)C1(C)CCCNC1. The van der Waals surface area contributed by atoms with Crippen molar-refractivity contribution in [3.63, 3.8) is 0 Å². The monoisotopic (exact) mass is 240 g/mol. The second-order valence-corrected chi connectivity index (χ2v) is 5.66. The number of nitrogens with zero attached hydrogens (tertiary/aromatic N) is 1. The van der Waals surface area contributed by atoms with Crippen molar-refractivity contribution >= 4 is 5.91 Å². The van der Waals surface area contributed by atoms with Crippen LogP contribution in [0, 0.1) is 5.41 Å². The summed E-state index contributed by atoms with van der Waals surface area (Å²) >= 11 is 0. The second kappa shape index (κ2) is 5.36. The third kappa shape index (κ3) is 2.99. The molecule has 2 atom stereocenters. The quantitative estimate of drug-likeness (QED) is 0.800. The van der Waals surface area contributed by atoms with Gasteiger partial charge in [-0.1, -0.05) is 0 Å². The highest BCUT2D eigenvalue weighted by atomic mass is 16.5. The molecule has 0 bridgehead atoms. The van der Waals surface area contributed by atoms with Gasteiger partial charge in [0.15, 0.2) is 0 Å². The van der Waals surface area contributed by atoms with E-state index in [1.165, 1.54) is 0 Å². The first-order valence-corrected chi connectivity index (χ1v) is 6.70. The van der Waals surface area contributed by atoms with Crippen LogP contribution in [-0.4, -0.2) is 50.2 Å². The summed E-state index contributed by atoms with van der Waals surface area (Å²) in [6, 6.07) is 0. The van der Waals surface area contributed by atoms with Gasteiger partial charge in [-0.15, -0.1) is 0 Å². The molecule has 2 saturated heterocycles. The summed E-state index contributed by atoms with van der Waals surface area (Å²) in [6.45, 7) is 5.52. The predicted molar refractivity (Wildman–Crippen MR) is 66.8 cm³/mol. The van der Waals surface area contributed by atoms with Crippen LogP contribution in [0.15, 0.2) is 0 Å². The lowest BCUT2D eigenvalue weighted by atomic mass is 9.81. The lowest BCUT2D eigenvalue weighted by molar-refractivity contribution is -0.142. The third-order valence-corrected chi connectivity index (χ3v) is 3.96. The number of hydrogen-bond donors (Lipinski definition) is 1. The van der Waals surface area contributed by atoms with Crippen LogP contribution in [0.3, 0.4) is 0 Å². The lowest BCUT2D eigenvalue weighted by Gasteiger charge is -2.36. The predicted octanol–water partition coefficient (Wildman–Crippen LogP) is 1.01. The minimum atomic E-state index is -0.217.